The minimum Gasteiger partial charge on any atom is -0.481 e. The van der Waals surface area contributed by atoms with Crippen molar-refractivity contribution in [2.75, 3.05) is 17.6 Å². The van der Waals surface area contributed by atoms with Crippen molar-refractivity contribution in [3.8, 4) is 0 Å². The Bertz CT molecular complexity index is 1130. The van der Waals surface area contributed by atoms with Gasteiger partial charge in [0.2, 0.25) is 17.8 Å². The minimum atomic E-state index is -1.32. The van der Waals surface area contributed by atoms with Gasteiger partial charge in [-0.3, -0.25) is 14.4 Å². The lowest BCUT2D eigenvalue weighted by atomic mass is 9.96. The van der Waals surface area contributed by atoms with E-state index in [0.29, 0.717) is 21.9 Å². The van der Waals surface area contributed by atoms with E-state index in [4.69, 9.17) is 34.0 Å². The van der Waals surface area contributed by atoms with Crippen LogP contribution in [0.4, 0.5) is 17.6 Å². The van der Waals surface area contributed by atoms with E-state index >= 15 is 0 Å². The van der Waals surface area contributed by atoms with E-state index in [9.17, 15) is 14.4 Å². The predicted octanol–water partition coefficient (Wildman–Crippen LogP) is 2.23. The standard InChI is InChI=1S/C20H21Cl2N7O4/c21-13-6-11(4-5-16(31)32)8-20(22,9-13)27-15(30)10-24-17(33)12-2-1-3-14(7-12)25-19-26-18(23)28-29-19/h1-3,6-7,9H,4-5,8,10H2,(H,24,33)(H,27,30)(H,31,32)(H4,23,25,26,28,29). The molecule has 1 atom stereocenters. The Kier molecular flexibility index (Phi) is 7.56. The second-order valence-corrected chi connectivity index (χ2v) is 8.36. The molecule has 0 fully saturated rings. The molecule has 1 unspecified atom stereocenters. The first kappa shape index (κ1) is 24.1. The summed E-state index contributed by atoms with van der Waals surface area (Å²) in [6, 6.07) is 6.51. The number of nitrogens with one attached hydrogen (secondary N) is 4. The van der Waals surface area contributed by atoms with E-state index in [0.717, 1.165) is 0 Å². The van der Waals surface area contributed by atoms with Gasteiger partial charge in [-0.15, -0.1) is 5.10 Å². The van der Waals surface area contributed by atoms with Crippen LogP contribution < -0.4 is 21.7 Å². The summed E-state index contributed by atoms with van der Waals surface area (Å²) in [7, 11) is 0. The summed E-state index contributed by atoms with van der Waals surface area (Å²) >= 11 is 12.6. The average Bonchev–Trinajstić information content (AvgIpc) is 3.14. The summed E-state index contributed by atoms with van der Waals surface area (Å²) in [5.74, 6) is -1.58. The van der Waals surface area contributed by atoms with Gasteiger partial charge in [0.25, 0.3) is 5.91 Å². The molecule has 0 saturated carbocycles. The van der Waals surface area contributed by atoms with Crippen molar-refractivity contribution < 1.29 is 19.5 Å². The van der Waals surface area contributed by atoms with Gasteiger partial charge in [-0.1, -0.05) is 34.8 Å². The number of carbonyl (C=O) groups excluding carboxylic acids is 2. The lowest BCUT2D eigenvalue weighted by Crippen LogP contribution is -2.47. The number of halogens is 2. The van der Waals surface area contributed by atoms with Crippen molar-refractivity contribution in [1.29, 1.82) is 0 Å². The minimum absolute atomic E-state index is 0.0789. The Hall–Kier alpha value is -3.57. The second-order valence-electron chi connectivity index (χ2n) is 7.25. The first-order valence-corrected chi connectivity index (χ1v) is 10.5. The lowest BCUT2D eigenvalue weighted by Gasteiger charge is -2.29. The van der Waals surface area contributed by atoms with Crippen LogP contribution in [0.25, 0.3) is 0 Å². The van der Waals surface area contributed by atoms with Crippen LogP contribution in [-0.4, -0.2) is 49.6 Å². The van der Waals surface area contributed by atoms with Gasteiger partial charge in [-0.2, -0.15) is 4.98 Å². The molecule has 2 amide bonds. The highest BCUT2D eigenvalue weighted by atomic mass is 35.5. The number of carboxylic acids is 1. The molecular weight excluding hydrogens is 473 g/mol. The molecule has 0 spiro atoms. The third kappa shape index (κ3) is 7.22. The maximum atomic E-state index is 12.5. The number of allylic oxidation sites excluding steroid dienone is 2. The molecule has 1 aromatic heterocycles. The van der Waals surface area contributed by atoms with Gasteiger partial charge in [-0.05, 0) is 36.8 Å². The fourth-order valence-corrected chi connectivity index (χ4v) is 3.92. The van der Waals surface area contributed by atoms with Crippen molar-refractivity contribution in [3.05, 3.63) is 52.6 Å². The number of anilines is 3. The van der Waals surface area contributed by atoms with Crippen LogP contribution in [0.2, 0.25) is 0 Å². The van der Waals surface area contributed by atoms with Crippen molar-refractivity contribution >= 4 is 58.6 Å². The number of hydrogen-bond donors (Lipinski definition) is 6. The Labute approximate surface area is 198 Å². The fourth-order valence-electron chi connectivity index (χ4n) is 3.13. The number of hydrogen-bond acceptors (Lipinski definition) is 7. The Balaban J connectivity index is 1.54. The molecule has 1 aliphatic rings. The number of H-pyrrole nitrogens is 1. The number of aromatic nitrogens is 3. The number of alkyl halides is 1. The number of rotatable bonds is 9. The molecule has 1 heterocycles. The molecule has 0 radical (unpaired) electrons. The average molecular weight is 494 g/mol. The van der Waals surface area contributed by atoms with E-state index in [1.165, 1.54) is 6.08 Å². The number of nitrogens with two attached hydrogens (primary N) is 1. The monoisotopic (exact) mass is 493 g/mol. The highest BCUT2D eigenvalue weighted by Crippen LogP contribution is 2.33. The molecule has 33 heavy (non-hydrogen) atoms. The zero-order valence-electron chi connectivity index (χ0n) is 17.2. The van der Waals surface area contributed by atoms with Crippen LogP contribution in [0, 0.1) is 0 Å². The quantitative estimate of drug-likeness (QED) is 0.227. The van der Waals surface area contributed by atoms with Gasteiger partial charge in [0.1, 0.15) is 5.00 Å². The van der Waals surface area contributed by atoms with E-state index in [1.807, 2.05) is 0 Å². The van der Waals surface area contributed by atoms with Crippen molar-refractivity contribution in [2.24, 2.45) is 0 Å². The fraction of sp³-hybridized carbons (Fsp3) is 0.250. The van der Waals surface area contributed by atoms with Crippen LogP contribution in [0.3, 0.4) is 0 Å². The maximum Gasteiger partial charge on any atom is 0.303 e. The molecule has 0 aliphatic heterocycles. The smallest absolute Gasteiger partial charge is 0.303 e. The normalized spacial score (nSPS) is 17.5. The summed E-state index contributed by atoms with van der Waals surface area (Å²) < 4.78 is 0. The van der Waals surface area contributed by atoms with E-state index in [-0.39, 0.29) is 37.7 Å². The van der Waals surface area contributed by atoms with E-state index < -0.39 is 22.8 Å². The van der Waals surface area contributed by atoms with Gasteiger partial charge in [0.05, 0.1) is 6.54 Å². The summed E-state index contributed by atoms with van der Waals surface area (Å²) in [5, 5.41) is 23.5. The molecule has 1 aliphatic carbocycles. The molecule has 3 rings (SSSR count). The van der Waals surface area contributed by atoms with Crippen molar-refractivity contribution in [3.63, 3.8) is 0 Å². The highest BCUT2D eigenvalue weighted by Gasteiger charge is 2.31. The summed E-state index contributed by atoms with van der Waals surface area (Å²) in [6.45, 7) is -0.331. The topological polar surface area (TPSA) is 175 Å². The Morgan fingerprint density at radius 3 is 2.79 bits per heavy atom. The zero-order chi connectivity index (χ0) is 24.0. The van der Waals surface area contributed by atoms with Crippen LogP contribution in [-0.2, 0) is 9.59 Å². The van der Waals surface area contributed by atoms with Crippen molar-refractivity contribution in [2.45, 2.75) is 24.3 Å². The van der Waals surface area contributed by atoms with E-state index in [2.05, 4.69) is 31.1 Å². The zero-order valence-corrected chi connectivity index (χ0v) is 18.7. The van der Waals surface area contributed by atoms with Crippen LogP contribution >= 0.6 is 23.2 Å². The third-order valence-electron chi connectivity index (χ3n) is 4.49. The molecule has 0 saturated heterocycles. The Morgan fingerprint density at radius 1 is 1.30 bits per heavy atom. The first-order chi connectivity index (χ1) is 15.6. The molecular formula is C20H21Cl2N7O4. The van der Waals surface area contributed by atoms with Crippen LogP contribution in [0.1, 0.15) is 29.6 Å². The number of carbonyl (C=O) groups is 3. The number of carboxylic acid groups (broad SMARTS) is 1. The molecule has 13 heteroatoms. The molecule has 0 bridgehead atoms. The maximum absolute atomic E-state index is 12.5. The van der Waals surface area contributed by atoms with Gasteiger partial charge in [-0.25, -0.2) is 5.10 Å². The van der Waals surface area contributed by atoms with Gasteiger partial charge in [0.15, 0.2) is 0 Å². The number of nitrogen functional groups attached to an aromatic ring is 1. The Morgan fingerprint density at radius 2 is 2.09 bits per heavy atom. The van der Waals surface area contributed by atoms with Gasteiger partial charge in [0, 0.05) is 29.1 Å². The summed E-state index contributed by atoms with van der Waals surface area (Å²) in [6.07, 6.45) is 3.46. The largest absolute Gasteiger partial charge is 0.481 e. The number of nitrogens with zero attached hydrogens (tertiary/aromatic N) is 2. The third-order valence-corrected chi connectivity index (χ3v) is 5.05. The number of aliphatic carboxylic acids is 1. The van der Waals surface area contributed by atoms with Gasteiger partial charge >= 0.3 is 5.97 Å². The molecule has 174 valence electrons. The molecule has 11 nitrogen and oxygen atoms in total. The first-order valence-electron chi connectivity index (χ1n) is 9.74. The van der Waals surface area contributed by atoms with Crippen LogP contribution in [0.5, 0.6) is 0 Å². The summed E-state index contributed by atoms with van der Waals surface area (Å²) in [5.41, 5.74) is 7.03. The number of amides is 2. The van der Waals surface area contributed by atoms with Crippen LogP contribution in [0.15, 0.2) is 47.0 Å². The van der Waals surface area contributed by atoms with Crippen molar-refractivity contribution in [1.82, 2.24) is 25.8 Å². The molecule has 1 aromatic carbocycles. The molecule has 2 aromatic rings. The highest BCUT2D eigenvalue weighted by molar-refractivity contribution is 6.33. The summed E-state index contributed by atoms with van der Waals surface area (Å²) in [4.78, 5) is 38.3. The van der Waals surface area contributed by atoms with E-state index in [1.54, 1.807) is 30.3 Å². The molecule has 7 N–H and O–H groups in total. The predicted molar refractivity (Wildman–Crippen MR) is 123 cm³/mol. The number of aromatic amines is 1. The van der Waals surface area contributed by atoms with Gasteiger partial charge < -0.3 is 26.8 Å². The lowest BCUT2D eigenvalue weighted by molar-refractivity contribution is -0.137. The second kappa shape index (κ2) is 10.4. The SMILES string of the molecule is Nc1nc(Nc2cccc(C(=O)NCC(=O)NC3(Cl)C=C(Cl)C=C(CCC(=O)O)C3)c2)n[nH]1. The number of benzene rings is 1.